The molecule has 186 valence electrons. The average Bonchev–Trinajstić information content (AvgIpc) is 2.83. The van der Waals surface area contributed by atoms with Crippen molar-refractivity contribution in [3.63, 3.8) is 0 Å². The van der Waals surface area contributed by atoms with Crippen LogP contribution in [0, 0.1) is 0 Å². The summed E-state index contributed by atoms with van der Waals surface area (Å²) >= 11 is 0. The first-order valence-electron chi connectivity index (χ1n) is 11.4. The third kappa shape index (κ3) is 6.26. The number of aromatic nitrogens is 2. The van der Waals surface area contributed by atoms with Gasteiger partial charge in [0.15, 0.2) is 5.69 Å². The number of fused-ring (bicyclic) bond motifs is 1. The van der Waals surface area contributed by atoms with Gasteiger partial charge in [0.25, 0.3) is 11.5 Å². The molecule has 0 atom stereocenters. The number of nitrogens with zero attached hydrogens (tertiary/aromatic N) is 3. The zero-order valence-electron chi connectivity index (χ0n) is 19.6. The molecule has 0 aliphatic heterocycles. The fraction of sp³-hybridized carbons (Fsp3) is 0.360. The standard InChI is InChI=1S/C25H27F3N4O3/c1-3-5-8-14-32-23(34)20-13-7-6-12-19(20)21(30-32)22(33)29-18-11-9-10-17(15-18)16-31(4-2)24(35)25(26,27)28/h6-7,9-13,15H,3-5,8,14,16H2,1-2H3,(H,29,33). The molecule has 0 fully saturated rings. The van der Waals surface area contributed by atoms with Gasteiger partial charge >= 0.3 is 12.1 Å². The molecule has 2 aromatic carbocycles. The molecular formula is C25H27F3N4O3. The highest BCUT2D eigenvalue weighted by molar-refractivity contribution is 6.11. The summed E-state index contributed by atoms with van der Waals surface area (Å²) in [7, 11) is 0. The van der Waals surface area contributed by atoms with Crippen LogP contribution in [0.25, 0.3) is 10.8 Å². The Morgan fingerprint density at radius 3 is 2.40 bits per heavy atom. The highest BCUT2D eigenvalue weighted by Gasteiger charge is 2.41. The van der Waals surface area contributed by atoms with Crippen LogP contribution in [0.5, 0.6) is 0 Å². The molecule has 2 amide bonds. The third-order valence-electron chi connectivity index (χ3n) is 5.53. The Bertz CT molecular complexity index is 1270. The molecule has 0 aliphatic rings. The van der Waals surface area contributed by atoms with E-state index in [9.17, 15) is 27.6 Å². The number of halogens is 3. The van der Waals surface area contributed by atoms with Crippen LogP contribution >= 0.6 is 0 Å². The number of anilines is 1. The van der Waals surface area contributed by atoms with Gasteiger partial charge in [-0.05, 0) is 37.1 Å². The number of benzene rings is 2. The highest BCUT2D eigenvalue weighted by atomic mass is 19.4. The van der Waals surface area contributed by atoms with E-state index in [0.29, 0.717) is 33.5 Å². The van der Waals surface area contributed by atoms with Gasteiger partial charge in [-0.25, -0.2) is 4.68 Å². The van der Waals surface area contributed by atoms with Gasteiger partial charge < -0.3 is 10.2 Å². The van der Waals surface area contributed by atoms with Crippen LogP contribution in [-0.2, 0) is 17.9 Å². The van der Waals surface area contributed by atoms with Crippen LogP contribution in [0.2, 0.25) is 0 Å². The van der Waals surface area contributed by atoms with E-state index in [4.69, 9.17) is 0 Å². The Labute approximate surface area is 200 Å². The van der Waals surface area contributed by atoms with Crippen LogP contribution in [-0.4, -0.2) is 39.2 Å². The molecule has 10 heteroatoms. The number of aryl methyl sites for hydroxylation is 1. The number of alkyl halides is 3. The first kappa shape index (κ1) is 25.9. The largest absolute Gasteiger partial charge is 0.471 e. The summed E-state index contributed by atoms with van der Waals surface area (Å²) in [5.74, 6) is -2.48. The number of amides is 2. The second-order valence-corrected chi connectivity index (χ2v) is 8.10. The van der Waals surface area contributed by atoms with Gasteiger partial charge in [0.05, 0.1) is 5.39 Å². The zero-order chi connectivity index (χ0) is 25.6. The quantitative estimate of drug-likeness (QED) is 0.441. The average molecular weight is 489 g/mol. The Kier molecular flexibility index (Phi) is 8.26. The lowest BCUT2D eigenvalue weighted by Gasteiger charge is -2.22. The smallest absolute Gasteiger partial charge is 0.331 e. The minimum absolute atomic E-state index is 0.0736. The Morgan fingerprint density at radius 1 is 1.03 bits per heavy atom. The normalized spacial score (nSPS) is 11.5. The van der Waals surface area contributed by atoms with Gasteiger partial charge in [-0.15, -0.1) is 0 Å². The van der Waals surface area contributed by atoms with Crippen molar-refractivity contribution in [3.8, 4) is 0 Å². The number of hydrogen-bond donors (Lipinski definition) is 1. The predicted octanol–water partition coefficient (Wildman–Crippen LogP) is 4.75. The number of carbonyl (C=O) groups is 2. The molecule has 1 aromatic heterocycles. The van der Waals surface area contributed by atoms with Gasteiger partial charge in [-0.1, -0.05) is 50.1 Å². The molecule has 0 saturated heterocycles. The minimum atomic E-state index is -4.96. The molecule has 0 spiro atoms. The number of unbranched alkanes of at least 4 members (excludes halogenated alkanes) is 2. The minimum Gasteiger partial charge on any atom is -0.331 e. The van der Waals surface area contributed by atoms with Gasteiger partial charge in [0.2, 0.25) is 0 Å². The molecule has 0 bridgehead atoms. The number of carbonyl (C=O) groups excluding carboxylic acids is 2. The second-order valence-electron chi connectivity index (χ2n) is 8.10. The van der Waals surface area contributed by atoms with E-state index < -0.39 is 18.0 Å². The molecule has 1 heterocycles. The van der Waals surface area contributed by atoms with E-state index in [1.54, 1.807) is 42.5 Å². The maximum Gasteiger partial charge on any atom is 0.471 e. The van der Waals surface area contributed by atoms with Crippen LogP contribution in [0.15, 0.2) is 53.3 Å². The predicted molar refractivity (Wildman–Crippen MR) is 127 cm³/mol. The van der Waals surface area contributed by atoms with Gasteiger partial charge in [0, 0.05) is 30.7 Å². The molecule has 7 nitrogen and oxygen atoms in total. The fourth-order valence-electron chi connectivity index (χ4n) is 3.73. The first-order chi connectivity index (χ1) is 16.7. The second kappa shape index (κ2) is 11.2. The SMILES string of the molecule is CCCCCn1nc(C(=O)Nc2cccc(CN(CC)C(=O)C(F)(F)F)c2)c2ccccc2c1=O. The lowest BCUT2D eigenvalue weighted by atomic mass is 10.1. The molecule has 1 N–H and O–H groups in total. The molecule has 0 aliphatic carbocycles. The molecular weight excluding hydrogens is 461 g/mol. The number of hydrogen-bond acceptors (Lipinski definition) is 4. The van der Waals surface area contributed by atoms with Crippen LogP contribution in [0.4, 0.5) is 18.9 Å². The van der Waals surface area contributed by atoms with Crippen LogP contribution in [0.3, 0.4) is 0 Å². The molecule has 3 rings (SSSR count). The van der Waals surface area contributed by atoms with E-state index in [1.807, 2.05) is 6.92 Å². The van der Waals surface area contributed by atoms with Crippen molar-refractivity contribution in [2.75, 3.05) is 11.9 Å². The van der Waals surface area contributed by atoms with Crippen molar-refractivity contribution < 1.29 is 22.8 Å². The first-order valence-corrected chi connectivity index (χ1v) is 11.4. The number of rotatable bonds is 9. The molecule has 3 aromatic rings. The van der Waals surface area contributed by atoms with E-state index >= 15 is 0 Å². The molecule has 0 unspecified atom stereocenters. The van der Waals surface area contributed by atoms with Crippen molar-refractivity contribution in [1.82, 2.24) is 14.7 Å². The van der Waals surface area contributed by atoms with Crippen molar-refractivity contribution in [2.24, 2.45) is 0 Å². The Morgan fingerprint density at radius 2 is 1.74 bits per heavy atom. The summed E-state index contributed by atoms with van der Waals surface area (Å²) in [6, 6.07) is 13.0. The van der Waals surface area contributed by atoms with Crippen LogP contribution < -0.4 is 10.9 Å². The molecule has 0 saturated carbocycles. The Hall–Kier alpha value is -3.69. The molecule has 0 radical (unpaired) electrons. The van der Waals surface area contributed by atoms with Crippen molar-refractivity contribution in [1.29, 1.82) is 0 Å². The zero-order valence-corrected chi connectivity index (χ0v) is 19.6. The van der Waals surface area contributed by atoms with E-state index in [0.717, 1.165) is 19.3 Å². The summed E-state index contributed by atoms with van der Waals surface area (Å²) in [5.41, 5.74) is 0.552. The third-order valence-corrected chi connectivity index (χ3v) is 5.53. The molecule has 35 heavy (non-hydrogen) atoms. The lowest BCUT2D eigenvalue weighted by molar-refractivity contribution is -0.185. The maximum atomic E-state index is 13.1. The van der Waals surface area contributed by atoms with E-state index in [-0.39, 0.29) is 24.3 Å². The summed E-state index contributed by atoms with van der Waals surface area (Å²) < 4.78 is 39.8. The van der Waals surface area contributed by atoms with E-state index in [2.05, 4.69) is 10.4 Å². The van der Waals surface area contributed by atoms with Crippen LogP contribution in [0.1, 0.15) is 49.2 Å². The monoisotopic (exact) mass is 488 g/mol. The summed E-state index contributed by atoms with van der Waals surface area (Å²) in [6.07, 6.45) is -2.33. The van der Waals surface area contributed by atoms with Gasteiger partial charge in [-0.2, -0.15) is 18.3 Å². The van der Waals surface area contributed by atoms with Crippen molar-refractivity contribution in [3.05, 3.63) is 70.1 Å². The highest BCUT2D eigenvalue weighted by Crippen LogP contribution is 2.21. The lowest BCUT2D eigenvalue weighted by Crippen LogP contribution is -2.40. The fourth-order valence-corrected chi connectivity index (χ4v) is 3.73. The number of nitrogens with one attached hydrogen (secondary N) is 1. The summed E-state index contributed by atoms with van der Waals surface area (Å²) in [4.78, 5) is 38.3. The topological polar surface area (TPSA) is 84.3 Å². The summed E-state index contributed by atoms with van der Waals surface area (Å²) in [5, 5.41) is 7.81. The van der Waals surface area contributed by atoms with Gasteiger partial charge in [0.1, 0.15) is 0 Å². The van der Waals surface area contributed by atoms with Gasteiger partial charge in [-0.3, -0.25) is 14.4 Å². The van der Waals surface area contributed by atoms with Crippen molar-refractivity contribution >= 4 is 28.3 Å². The van der Waals surface area contributed by atoms with Crippen molar-refractivity contribution in [2.45, 2.75) is 52.4 Å². The van der Waals surface area contributed by atoms with E-state index in [1.165, 1.54) is 17.7 Å². The summed E-state index contributed by atoms with van der Waals surface area (Å²) in [6.45, 7) is 3.50. The maximum absolute atomic E-state index is 13.1. The Balaban J connectivity index is 1.87.